The van der Waals surface area contributed by atoms with Gasteiger partial charge in [-0.3, -0.25) is 4.79 Å². The molecule has 4 aromatic rings. The van der Waals surface area contributed by atoms with Gasteiger partial charge >= 0.3 is 0 Å². The number of benzene rings is 2. The minimum Gasteiger partial charge on any atom is -0.378 e. The average Bonchev–Trinajstić information content (AvgIpc) is 3.56. The lowest BCUT2D eigenvalue weighted by Gasteiger charge is -2.19. The lowest BCUT2D eigenvalue weighted by Crippen LogP contribution is -2.25. The van der Waals surface area contributed by atoms with Gasteiger partial charge in [0.2, 0.25) is 11.6 Å². The molecule has 11 heteroatoms. The molecule has 0 saturated carbocycles. The molecule has 0 radical (unpaired) electrons. The molecule has 11 nitrogen and oxygen atoms in total. The summed E-state index contributed by atoms with van der Waals surface area (Å²) in [6, 6.07) is 17.8. The van der Waals surface area contributed by atoms with Crippen LogP contribution in [0, 0.1) is 0 Å². The molecule has 0 aliphatic heterocycles. The van der Waals surface area contributed by atoms with Crippen LogP contribution in [0.4, 0.5) is 11.5 Å². The maximum atomic E-state index is 13.1. The molecule has 2 aromatic carbocycles. The number of carbonyl (C=O) groups excluding carboxylic acids is 1. The third-order valence-corrected chi connectivity index (χ3v) is 5.51. The zero-order chi connectivity index (χ0) is 22.8. The lowest BCUT2D eigenvalue weighted by atomic mass is 10.1. The average molecular weight is 443 g/mol. The molecule has 0 unspecified atom stereocenters. The molecule has 2 aromatic heterocycles. The Morgan fingerprint density at radius 1 is 1.15 bits per heavy atom. The number of aryl methyl sites for hydroxylation is 1. The summed E-state index contributed by atoms with van der Waals surface area (Å²) < 4.78 is 6.07. The number of carbonyl (C=O) groups is 1. The molecule has 0 fully saturated rings. The molecule has 1 aliphatic carbocycles. The largest absolute Gasteiger partial charge is 0.378 e. The second kappa shape index (κ2) is 8.54. The minimum absolute atomic E-state index is 0.0401. The number of hydrogen-bond donors (Lipinski definition) is 2. The number of nitrogen functional groups attached to an aromatic ring is 1. The van der Waals surface area contributed by atoms with Gasteiger partial charge in [-0.15, -0.1) is 5.10 Å². The van der Waals surface area contributed by atoms with E-state index in [2.05, 4.69) is 37.2 Å². The zero-order valence-electron chi connectivity index (χ0n) is 17.8. The summed E-state index contributed by atoms with van der Waals surface area (Å²) in [4.78, 5) is 15.0. The first-order chi connectivity index (χ1) is 16.1. The Morgan fingerprint density at radius 2 is 1.94 bits per heavy atom. The molecule has 5 rings (SSSR count). The van der Waals surface area contributed by atoms with Crippen LogP contribution in [0.2, 0.25) is 0 Å². The van der Waals surface area contributed by atoms with E-state index in [-0.39, 0.29) is 17.3 Å². The number of anilines is 2. The van der Waals surface area contributed by atoms with Crippen LogP contribution < -0.4 is 16.1 Å². The number of nitrogens with one attached hydrogen (secondary N) is 1. The molecular weight excluding hydrogens is 422 g/mol. The minimum atomic E-state index is -0.482. The fraction of sp³-hybridized carbons (Fsp3) is 0.182. The molecular formula is C22H21N9O2. The third-order valence-electron chi connectivity index (χ3n) is 5.51. The van der Waals surface area contributed by atoms with Gasteiger partial charge in [-0.05, 0) is 40.9 Å². The van der Waals surface area contributed by atoms with Crippen molar-refractivity contribution in [2.75, 3.05) is 17.7 Å². The van der Waals surface area contributed by atoms with Crippen molar-refractivity contribution >= 4 is 23.1 Å². The van der Waals surface area contributed by atoms with Crippen molar-refractivity contribution in [3.8, 4) is 5.82 Å². The molecule has 1 amide bonds. The van der Waals surface area contributed by atoms with E-state index in [1.807, 2.05) is 60.5 Å². The van der Waals surface area contributed by atoms with E-state index in [4.69, 9.17) is 10.4 Å². The predicted molar refractivity (Wildman–Crippen MR) is 121 cm³/mol. The van der Waals surface area contributed by atoms with Crippen LogP contribution in [0.25, 0.3) is 5.82 Å². The Bertz CT molecular complexity index is 1330. The van der Waals surface area contributed by atoms with Crippen molar-refractivity contribution < 1.29 is 9.42 Å². The topological polar surface area (TPSA) is 140 Å². The summed E-state index contributed by atoms with van der Waals surface area (Å²) >= 11 is 0. The Kier molecular flexibility index (Phi) is 5.27. The van der Waals surface area contributed by atoms with Gasteiger partial charge in [-0.2, -0.15) is 9.78 Å². The fourth-order valence-corrected chi connectivity index (χ4v) is 3.82. The lowest BCUT2D eigenvalue weighted by molar-refractivity contribution is 0.0948. The number of rotatable bonds is 6. The van der Waals surface area contributed by atoms with E-state index >= 15 is 0 Å². The highest BCUT2D eigenvalue weighted by atomic mass is 16.6. The van der Waals surface area contributed by atoms with Gasteiger partial charge < -0.3 is 10.6 Å². The summed E-state index contributed by atoms with van der Waals surface area (Å²) in [5.74, 6) is -0.281. The van der Waals surface area contributed by atoms with Crippen molar-refractivity contribution in [3.05, 3.63) is 77.1 Å². The van der Waals surface area contributed by atoms with Crippen LogP contribution >= 0.6 is 0 Å². The van der Waals surface area contributed by atoms with E-state index in [0.717, 1.165) is 29.8 Å². The second-order valence-corrected chi connectivity index (χ2v) is 7.62. The van der Waals surface area contributed by atoms with Crippen LogP contribution in [0.5, 0.6) is 0 Å². The molecule has 0 bridgehead atoms. The Labute approximate surface area is 188 Å². The number of para-hydroxylation sites is 1. The first kappa shape index (κ1) is 20.4. The number of nitrogens with zero attached hydrogens (tertiary/aromatic N) is 7. The van der Waals surface area contributed by atoms with E-state index in [1.165, 1.54) is 10.2 Å². The molecule has 166 valence electrons. The van der Waals surface area contributed by atoms with Gasteiger partial charge in [0.1, 0.15) is 0 Å². The Hall–Kier alpha value is -4.54. The summed E-state index contributed by atoms with van der Waals surface area (Å²) in [5, 5.41) is 20.0. The van der Waals surface area contributed by atoms with Crippen LogP contribution in [0.15, 0.2) is 64.3 Å². The predicted octanol–water partition coefficient (Wildman–Crippen LogP) is 1.95. The number of amides is 1. The second-order valence-electron chi connectivity index (χ2n) is 7.62. The van der Waals surface area contributed by atoms with E-state index in [9.17, 15) is 4.79 Å². The smallest absolute Gasteiger partial charge is 0.293 e. The molecule has 33 heavy (non-hydrogen) atoms. The highest BCUT2D eigenvalue weighted by molar-refractivity contribution is 6.05. The molecule has 0 atom stereocenters. The molecule has 3 N–H and O–H groups in total. The van der Waals surface area contributed by atoms with Gasteiger partial charge in [-0.1, -0.05) is 47.7 Å². The van der Waals surface area contributed by atoms with Gasteiger partial charge in [0.15, 0.2) is 5.69 Å². The number of hydrogen-bond acceptors (Lipinski definition) is 9. The maximum absolute atomic E-state index is 13.1. The van der Waals surface area contributed by atoms with Crippen molar-refractivity contribution in [2.24, 2.45) is 5.10 Å². The van der Waals surface area contributed by atoms with Crippen molar-refractivity contribution in [2.45, 2.75) is 19.4 Å². The highest BCUT2D eigenvalue weighted by Gasteiger charge is 2.25. The molecule has 0 spiro atoms. The Morgan fingerprint density at radius 3 is 2.73 bits per heavy atom. The highest BCUT2D eigenvalue weighted by Crippen LogP contribution is 2.23. The van der Waals surface area contributed by atoms with E-state index < -0.39 is 5.91 Å². The van der Waals surface area contributed by atoms with Gasteiger partial charge in [0, 0.05) is 18.3 Å². The standard InChI is InChI=1S/C22H21N9O2/c1-30(15-8-3-2-4-9-15)13-18-19(25-29-31(18)21-20(23)27-33-28-21)22(32)26-24-17-12-11-14-7-5-6-10-16(14)17/h2-10H,11-13H2,1H3,(H2,23,27)(H,26,32). The van der Waals surface area contributed by atoms with Crippen LogP contribution in [0.3, 0.4) is 0 Å². The molecule has 2 heterocycles. The summed E-state index contributed by atoms with van der Waals surface area (Å²) in [7, 11) is 1.90. The Balaban J connectivity index is 1.46. The zero-order valence-corrected chi connectivity index (χ0v) is 17.8. The summed E-state index contributed by atoms with van der Waals surface area (Å²) in [5.41, 5.74) is 13.1. The number of nitrogens with two attached hydrogens (primary N) is 1. The van der Waals surface area contributed by atoms with Crippen LogP contribution in [-0.2, 0) is 13.0 Å². The number of aromatic nitrogens is 5. The molecule has 1 aliphatic rings. The number of fused-ring (bicyclic) bond motifs is 1. The van der Waals surface area contributed by atoms with E-state index in [0.29, 0.717) is 12.2 Å². The summed E-state index contributed by atoms with van der Waals surface area (Å²) in [6.45, 7) is 0.297. The van der Waals surface area contributed by atoms with Crippen LogP contribution in [0.1, 0.15) is 33.7 Å². The van der Waals surface area contributed by atoms with Gasteiger partial charge in [0.05, 0.1) is 18.0 Å². The first-order valence-corrected chi connectivity index (χ1v) is 10.4. The monoisotopic (exact) mass is 443 g/mol. The van der Waals surface area contributed by atoms with Crippen molar-refractivity contribution in [3.63, 3.8) is 0 Å². The van der Waals surface area contributed by atoms with Crippen molar-refractivity contribution in [1.29, 1.82) is 0 Å². The van der Waals surface area contributed by atoms with Crippen molar-refractivity contribution in [1.82, 2.24) is 30.7 Å². The summed E-state index contributed by atoms with van der Waals surface area (Å²) in [6.07, 6.45) is 1.66. The number of hydrazone groups is 1. The van der Waals surface area contributed by atoms with Crippen LogP contribution in [-0.4, -0.2) is 44.0 Å². The quantitative estimate of drug-likeness (QED) is 0.431. The SMILES string of the molecule is CN(Cc1c(C(=O)NN=C2CCc3ccccc32)nnn1-c1nonc1N)c1ccccc1. The van der Waals surface area contributed by atoms with Gasteiger partial charge in [-0.25, -0.2) is 10.1 Å². The fourth-order valence-electron chi connectivity index (χ4n) is 3.82. The first-order valence-electron chi connectivity index (χ1n) is 10.4. The normalized spacial score (nSPS) is 13.8. The van der Waals surface area contributed by atoms with E-state index in [1.54, 1.807) is 0 Å². The third kappa shape index (κ3) is 3.91. The van der Waals surface area contributed by atoms with Gasteiger partial charge in [0.25, 0.3) is 5.91 Å². The molecule has 0 saturated heterocycles. The maximum Gasteiger partial charge on any atom is 0.293 e.